The molecular formula is C42H28Cl2N4O6S2. The molecule has 0 unspecified atom stereocenters. The number of imidazole rings is 1. The van der Waals surface area contributed by atoms with E-state index in [1.54, 1.807) is 24.3 Å². The lowest BCUT2D eigenvalue weighted by Crippen LogP contribution is -2.24. The van der Waals surface area contributed by atoms with Crippen molar-refractivity contribution < 1.29 is 25.9 Å². The minimum absolute atomic E-state index is 0.0973. The number of aromatic amines is 1. The standard InChI is InChI=1S/C42H28Cl2N4O6S2/c43-35-22-20-29(55(49,50)51)24-33(35)31-18-10-11-19-32(31)40-37(26-12-4-1-5-13-26)45-41(46-40)42(34-25-30(56(52,53)54)21-23-36(34)44)47-38(27-14-6-2-7-15-27)39(48-42)28-16-8-3-9-17-28/h1-25H,(H,45,46)(H,49,50,51)(H,52,53,54). The van der Waals surface area contributed by atoms with Gasteiger partial charge >= 0.3 is 0 Å². The van der Waals surface area contributed by atoms with Crippen LogP contribution in [0.1, 0.15) is 22.5 Å². The Bertz CT molecular complexity index is 2880. The molecule has 1 aliphatic rings. The highest BCUT2D eigenvalue weighted by Crippen LogP contribution is 2.47. The van der Waals surface area contributed by atoms with Crippen molar-refractivity contribution in [3.05, 3.63) is 184 Å². The zero-order valence-corrected chi connectivity index (χ0v) is 32.0. The second-order valence-electron chi connectivity index (χ2n) is 12.8. The molecule has 56 heavy (non-hydrogen) atoms. The van der Waals surface area contributed by atoms with Crippen LogP contribution in [0, 0.1) is 0 Å². The number of aromatic nitrogens is 2. The van der Waals surface area contributed by atoms with Gasteiger partial charge in [-0.3, -0.25) is 9.11 Å². The molecule has 6 aromatic carbocycles. The quantitative estimate of drug-likeness (QED) is 0.122. The van der Waals surface area contributed by atoms with E-state index in [1.165, 1.54) is 36.4 Å². The third-order valence-corrected chi connectivity index (χ3v) is 11.6. The number of hydrogen-bond acceptors (Lipinski definition) is 7. The van der Waals surface area contributed by atoms with Crippen molar-refractivity contribution in [2.24, 2.45) is 9.98 Å². The zero-order valence-electron chi connectivity index (χ0n) is 28.9. The van der Waals surface area contributed by atoms with Crippen LogP contribution in [0.4, 0.5) is 0 Å². The number of H-pyrrole nitrogens is 1. The number of rotatable bonds is 9. The predicted molar refractivity (Wildman–Crippen MR) is 218 cm³/mol. The number of benzene rings is 6. The Hall–Kier alpha value is -5.73. The lowest BCUT2D eigenvalue weighted by atomic mass is 9.95. The molecule has 0 aliphatic carbocycles. The number of halogens is 2. The molecule has 0 bridgehead atoms. The van der Waals surface area contributed by atoms with Crippen LogP contribution in [0.2, 0.25) is 10.0 Å². The van der Waals surface area contributed by atoms with Crippen LogP contribution in [-0.2, 0) is 25.9 Å². The lowest BCUT2D eigenvalue weighted by Gasteiger charge is -2.23. The van der Waals surface area contributed by atoms with Crippen LogP contribution >= 0.6 is 23.2 Å². The van der Waals surface area contributed by atoms with Crippen LogP contribution in [0.5, 0.6) is 0 Å². The fourth-order valence-electron chi connectivity index (χ4n) is 6.68. The molecule has 0 saturated carbocycles. The monoisotopic (exact) mass is 818 g/mol. The van der Waals surface area contributed by atoms with Crippen molar-refractivity contribution in [3.8, 4) is 33.6 Å². The zero-order chi connectivity index (χ0) is 39.2. The maximum Gasteiger partial charge on any atom is 0.294 e. The molecule has 0 fully saturated rings. The minimum Gasteiger partial charge on any atom is -0.337 e. The highest BCUT2D eigenvalue weighted by atomic mass is 35.5. The van der Waals surface area contributed by atoms with Gasteiger partial charge in [0.2, 0.25) is 5.66 Å². The van der Waals surface area contributed by atoms with E-state index < -0.39 is 30.8 Å². The summed E-state index contributed by atoms with van der Waals surface area (Å²) in [5, 5.41) is 0.321. The van der Waals surface area contributed by atoms with E-state index in [9.17, 15) is 25.9 Å². The second-order valence-corrected chi connectivity index (χ2v) is 16.4. The first-order valence-corrected chi connectivity index (χ1v) is 20.6. The van der Waals surface area contributed by atoms with E-state index in [2.05, 4.69) is 4.98 Å². The molecular weight excluding hydrogens is 792 g/mol. The molecule has 2 heterocycles. The van der Waals surface area contributed by atoms with Crippen molar-refractivity contribution in [1.82, 2.24) is 9.97 Å². The highest BCUT2D eigenvalue weighted by molar-refractivity contribution is 7.86. The molecule has 0 radical (unpaired) electrons. The normalized spacial score (nSPS) is 14.0. The first-order chi connectivity index (χ1) is 26.8. The third-order valence-electron chi connectivity index (χ3n) is 9.28. The van der Waals surface area contributed by atoms with Gasteiger partial charge in [0.05, 0.1) is 32.6 Å². The Labute approximate surface area is 332 Å². The average molecular weight is 820 g/mol. The third kappa shape index (κ3) is 6.87. The Morgan fingerprint density at radius 2 is 0.982 bits per heavy atom. The molecule has 0 amide bonds. The number of aliphatic imine (C=N–C) groups is 2. The lowest BCUT2D eigenvalue weighted by molar-refractivity contribution is 0.480. The predicted octanol–water partition coefficient (Wildman–Crippen LogP) is 9.40. The molecule has 3 N–H and O–H groups in total. The summed E-state index contributed by atoms with van der Waals surface area (Å²) < 4.78 is 69.7. The van der Waals surface area contributed by atoms with Gasteiger partial charge in [-0.2, -0.15) is 16.8 Å². The molecule has 278 valence electrons. The molecule has 0 spiro atoms. The molecule has 0 saturated heterocycles. The van der Waals surface area contributed by atoms with Crippen molar-refractivity contribution in [2.75, 3.05) is 0 Å². The van der Waals surface area contributed by atoms with Gasteiger partial charge < -0.3 is 4.98 Å². The molecule has 1 aliphatic heterocycles. The highest BCUT2D eigenvalue weighted by Gasteiger charge is 2.46. The van der Waals surface area contributed by atoms with Gasteiger partial charge in [0.25, 0.3) is 20.2 Å². The Morgan fingerprint density at radius 1 is 0.518 bits per heavy atom. The van der Waals surface area contributed by atoms with E-state index in [1.807, 2.05) is 91.0 Å². The van der Waals surface area contributed by atoms with Crippen LogP contribution in [-0.4, -0.2) is 47.3 Å². The fourth-order valence-corrected chi connectivity index (χ4v) is 8.16. The van der Waals surface area contributed by atoms with Crippen molar-refractivity contribution in [3.63, 3.8) is 0 Å². The van der Waals surface area contributed by atoms with Gasteiger partial charge in [-0.1, -0.05) is 138 Å². The molecule has 14 heteroatoms. The van der Waals surface area contributed by atoms with Crippen LogP contribution in [0.25, 0.3) is 33.6 Å². The number of hydrogen-bond donors (Lipinski definition) is 3. The molecule has 10 nitrogen and oxygen atoms in total. The summed E-state index contributed by atoms with van der Waals surface area (Å²) in [7, 11) is -9.29. The van der Waals surface area contributed by atoms with Gasteiger partial charge in [-0.25, -0.2) is 15.0 Å². The van der Waals surface area contributed by atoms with E-state index in [4.69, 9.17) is 38.2 Å². The van der Waals surface area contributed by atoms with E-state index >= 15 is 0 Å². The van der Waals surface area contributed by atoms with Crippen molar-refractivity contribution >= 4 is 54.9 Å². The van der Waals surface area contributed by atoms with Crippen LogP contribution in [0.15, 0.2) is 171 Å². The largest absolute Gasteiger partial charge is 0.337 e. The summed E-state index contributed by atoms with van der Waals surface area (Å²) in [6.07, 6.45) is 0. The SMILES string of the molecule is O=S(=O)(O)c1ccc(Cl)c(-c2ccccc2-c2[nH]c(C3(c4cc(S(=O)(=O)O)ccc4Cl)N=C(c4ccccc4)C(c4ccccc4)=N3)nc2-c2ccccc2)c1. The van der Waals surface area contributed by atoms with E-state index in [0.29, 0.717) is 56.2 Å². The summed E-state index contributed by atoms with van der Waals surface area (Å²) in [5.74, 6) is 0.146. The number of nitrogens with one attached hydrogen (secondary N) is 1. The van der Waals surface area contributed by atoms with Crippen molar-refractivity contribution in [1.29, 1.82) is 0 Å². The number of nitrogens with zero attached hydrogens (tertiary/aromatic N) is 3. The van der Waals surface area contributed by atoms with Crippen LogP contribution < -0.4 is 0 Å². The first-order valence-electron chi connectivity index (χ1n) is 16.9. The average Bonchev–Trinajstić information content (AvgIpc) is 3.83. The fraction of sp³-hybridized carbons (Fsp3) is 0.0238. The van der Waals surface area contributed by atoms with E-state index in [-0.39, 0.29) is 26.3 Å². The summed E-state index contributed by atoms with van der Waals surface area (Å²) in [6, 6.07) is 42.8. The van der Waals surface area contributed by atoms with Gasteiger partial charge in [-0.15, -0.1) is 0 Å². The molecule has 8 rings (SSSR count). The summed E-state index contributed by atoms with van der Waals surface area (Å²) in [4.78, 5) is 18.5. The Balaban J connectivity index is 1.48. The summed E-state index contributed by atoms with van der Waals surface area (Å²) in [6.45, 7) is 0. The second kappa shape index (κ2) is 14.4. The van der Waals surface area contributed by atoms with Crippen molar-refractivity contribution in [2.45, 2.75) is 15.5 Å². The van der Waals surface area contributed by atoms with Gasteiger partial charge in [-0.05, 0) is 42.0 Å². The smallest absolute Gasteiger partial charge is 0.294 e. The molecule has 1 aromatic heterocycles. The minimum atomic E-state index is -4.71. The van der Waals surface area contributed by atoms with Gasteiger partial charge in [0.15, 0.2) is 5.82 Å². The van der Waals surface area contributed by atoms with Gasteiger partial charge in [0.1, 0.15) is 0 Å². The summed E-state index contributed by atoms with van der Waals surface area (Å²) in [5.41, 5.74) is 3.59. The molecule has 0 atom stereocenters. The van der Waals surface area contributed by atoms with Gasteiger partial charge in [0, 0.05) is 43.4 Å². The van der Waals surface area contributed by atoms with E-state index in [0.717, 1.165) is 0 Å². The summed E-state index contributed by atoms with van der Waals surface area (Å²) >= 11 is 13.7. The topological polar surface area (TPSA) is 162 Å². The van der Waals surface area contributed by atoms with Crippen LogP contribution in [0.3, 0.4) is 0 Å². The first kappa shape index (κ1) is 37.2. The Morgan fingerprint density at radius 3 is 1.52 bits per heavy atom. The molecule has 7 aromatic rings. The Kier molecular flexibility index (Phi) is 9.57. The maximum absolute atomic E-state index is 12.6. The maximum atomic E-state index is 12.6.